The fourth-order valence-corrected chi connectivity index (χ4v) is 1.61. The Kier molecular flexibility index (Phi) is 5.52. The van der Waals surface area contributed by atoms with E-state index in [1.807, 2.05) is 6.92 Å². The summed E-state index contributed by atoms with van der Waals surface area (Å²) in [4.78, 5) is 8.08. The van der Waals surface area contributed by atoms with Gasteiger partial charge in [-0.15, -0.1) is 0 Å². The van der Waals surface area contributed by atoms with E-state index >= 15 is 0 Å². The number of rotatable bonds is 6. The van der Waals surface area contributed by atoms with Gasteiger partial charge in [0.15, 0.2) is 0 Å². The second kappa shape index (κ2) is 6.67. The lowest BCUT2D eigenvalue weighted by molar-refractivity contribution is -0.0327. The van der Waals surface area contributed by atoms with Crippen molar-refractivity contribution in [3.8, 4) is 5.88 Å². The largest absolute Gasteiger partial charge is 0.478 e. The highest BCUT2D eigenvalue weighted by Crippen LogP contribution is 2.29. The third kappa shape index (κ3) is 5.95. The molecule has 0 aliphatic heterocycles. The van der Waals surface area contributed by atoms with Crippen LogP contribution in [0.1, 0.15) is 12.6 Å². The van der Waals surface area contributed by atoms with Crippen molar-refractivity contribution in [3.63, 3.8) is 0 Å². The molecule has 0 saturated heterocycles. The molecule has 0 radical (unpaired) electrons. The molecular formula is C10H14F3N3OS. The van der Waals surface area contributed by atoms with Crippen molar-refractivity contribution >= 4 is 17.7 Å². The van der Waals surface area contributed by atoms with Gasteiger partial charge in [-0.2, -0.15) is 18.2 Å². The predicted molar refractivity (Wildman–Crippen MR) is 64.9 cm³/mol. The van der Waals surface area contributed by atoms with Crippen LogP contribution in [0.5, 0.6) is 5.88 Å². The number of hydrogen-bond acceptors (Lipinski definition) is 5. The summed E-state index contributed by atoms with van der Waals surface area (Å²) in [5.74, 6) is 0.599. The van der Waals surface area contributed by atoms with E-state index in [0.717, 1.165) is 0 Å². The van der Waals surface area contributed by atoms with E-state index in [0.29, 0.717) is 18.2 Å². The van der Waals surface area contributed by atoms with Crippen molar-refractivity contribution in [2.75, 3.05) is 24.2 Å². The van der Waals surface area contributed by atoms with Crippen LogP contribution in [0.3, 0.4) is 0 Å². The maximum atomic E-state index is 11.9. The number of halogens is 3. The first-order valence-electron chi connectivity index (χ1n) is 5.33. The van der Waals surface area contributed by atoms with Crippen LogP contribution in [-0.2, 0) is 0 Å². The Bertz CT molecular complexity index is 387. The molecule has 4 nitrogen and oxygen atoms in total. The zero-order chi connectivity index (χ0) is 13.6. The molecular weight excluding hydrogens is 267 g/mol. The second-order valence-electron chi connectivity index (χ2n) is 3.33. The van der Waals surface area contributed by atoms with Crippen molar-refractivity contribution < 1.29 is 17.9 Å². The molecule has 0 spiro atoms. The van der Waals surface area contributed by atoms with E-state index in [1.165, 1.54) is 0 Å². The predicted octanol–water partition coefficient (Wildman–Crippen LogP) is 2.85. The van der Waals surface area contributed by atoms with Gasteiger partial charge in [0.05, 0.1) is 6.61 Å². The van der Waals surface area contributed by atoms with E-state index in [4.69, 9.17) is 4.74 Å². The van der Waals surface area contributed by atoms with Crippen molar-refractivity contribution in [1.29, 1.82) is 0 Å². The summed E-state index contributed by atoms with van der Waals surface area (Å²) in [7, 11) is 0. The van der Waals surface area contributed by atoms with E-state index in [9.17, 15) is 13.2 Å². The molecule has 1 aromatic heterocycles. The second-order valence-corrected chi connectivity index (χ2v) is 4.48. The number of aromatic nitrogens is 2. The maximum absolute atomic E-state index is 11.9. The van der Waals surface area contributed by atoms with Gasteiger partial charge in [0.25, 0.3) is 0 Å². The van der Waals surface area contributed by atoms with Crippen molar-refractivity contribution in [2.45, 2.75) is 19.4 Å². The van der Waals surface area contributed by atoms with E-state index < -0.39 is 5.51 Å². The highest BCUT2D eigenvalue weighted by Gasteiger charge is 2.27. The van der Waals surface area contributed by atoms with Crippen LogP contribution in [0.4, 0.5) is 19.1 Å². The summed E-state index contributed by atoms with van der Waals surface area (Å²) in [6.07, 6.45) is 0. The lowest BCUT2D eigenvalue weighted by atomic mass is 10.4. The van der Waals surface area contributed by atoms with Crippen molar-refractivity contribution in [1.82, 2.24) is 9.97 Å². The summed E-state index contributed by atoms with van der Waals surface area (Å²) in [6, 6.07) is 1.67. The normalized spacial score (nSPS) is 11.4. The first-order valence-corrected chi connectivity index (χ1v) is 6.32. The summed E-state index contributed by atoms with van der Waals surface area (Å²) in [6.45, 7) is 4.20. The Labute approximate surface area is 107 Å². The summed E-state index contributed by atoms with van der Waals surface area (Å²) < 4.78 is 40.9. The fourth-order valence-electron chi connectivity index (χ4n) is 1.17. The Morgan fingerprint density at radius 3 is 2.72 bits per heavy atom. The highest BCUT2D eigenvalue weighted by atomic mass is 32.2. The highest BCUT2D eigenvalue weighted by molar-refractivity contribution is 8.00. The molecule has 0 aliphatic rings. The van der Waals surface area contributed by atoms with Gasteiger partial charge >= 0.3 is 5.51 Å². The smallest absolute Gasteiger partial charge is 0.441 e. The number of aryl methyl sites for hydroxylation is 1. The third-order valence-electron chi connectivity index (χ3n) is 1.77. The van der Waals surface area contributed by atoms with Gasteiger partial charge in [-0.05, 0) is 25.6 Å². The molecule has 0 fully saturated rings. The third-order valence-corrected chi connectivity index (χ3v) is 2.51. The quantitative estimate of drug-likeness (QED) is 0.812. The summed E-state index contributed by atoms with van der Waals surface area (Å²) >= 11 is -0.0778. The number of anilines is 1. The average molecular weight is 281 g/mol. The van der Waals surface area contributed by atoms with Crippen LogP contribution in [0.2, 0.25) is 0 Å². The molecule has 18 heavy (non-hydrogen) atoms. The van der Waals surface area contributed by atoms with E-state index in [-0.39, 0.29) is 30.0 Å². The first kappa shape index (κ1) is 14.9. The number of nitrogens with zero attached hydrogens (tertiary/aromatic N) is 2. The molecule has 1 N–H and O–H groups in total. The van der Waals surface area contributed by atoms with Crippen molar-refractivity contribution in [2.24, 2.45) is 0 Å². The molecule has 1 heterocycles. The van der Waals surface area contributed by atoms with Crippen LogP contribution in [-0.4, -0.2) is 34.4 Å². The number of thioether (sulfide) groups is 1. The number of nitrogens with one attached hydrogen (secondary N) is 1. The van der Waals surface area contributed by atoms with Gasteiger partial charge in [0.1, 0.15) is 0 Å². The Morgan fingerprint density at radius 2 is 2.11 bits per heavy atom. The summed E-state index contributed by atoms with van der Waals surface area (Å²) in [5, 5.41) is 2.73. The van der Waals surface area contributed by atoms with E-state index in [1.54, 1.807) is 13.0 Å². The van der Waals surface area contributed by atoms with Gasteiger partial charge in [-0.3, -0.25) is 0 Å². The maximum Gasteiger partial charge on any atom is 0.441 e. The molecule has 0 aromatic carbocycles. The SMILES string of the molecule is CCOc1cc(C)nc(NCCSC(F)(F)F)n1. The molecule has 0 saturated carbocycles. The van der Waals surface area contributed by atoms with Crippen LogP contribution in [0.15, 0.2) is 6.07 Å². The number of hydrogen-bond donors (Lipinski definition) is 1. The van der Waals surface area contributed by atoms with Gasteiger partial charge < -0.3 is 10.1 Å². The molecule has 0 amide bonds. The molecule has 0 unspecified atom stereocenters. The molecule has 0 aliphatic carbocycles. The molecule has 0 atom stereocenters. The zero-order valence-electron chi connectivity index (χ0n) is 10.0. The number of alkyl halides is 3. The molecule has 0 bridgehead atoms. The summed E-state index contributed by atoms with van der Waals surface area (Å²) in [5.41, 5.74) is -3.51. The van der Waals surface area contributed by atoms with Crippen LogP contribution < -0.4 is 10.1 Å². The van der Waals surface area contributed by atoms with Crippen LogP contribution in [0, 0.1) is 6.92 Å². The Hall–Kier alpha value is -1.18. The minimum absolute atomic E-state index is 0.0778. The molecule has 102 valence electrons. The lowest BCUT2D eigenvalue weighted by Gasteiger charge is -2.09. The monoisotopic (exact) mass is 281 g/mol. The standard InChI is InChI=1S/C10H14F3N3OS/c1-3-17-8-6-7(2)15-9(16-8)14-4-5-18-10(11,12)13/h6H,3-5H2,1-2H3,(H,14,15,16). The topological polar surface area (TPSA) is 47.0 Å². The fraction of sp³-hybridized carbons (Fsp3) is 0.600. The van der Waals surface area contributed by atoms with Gasteiger partial charge in [-0.1, -0.05) is 0 Å². The molecule has 8 heteroatoms. The molecule has 1 aromatic rings. The Balaban J connectivity index is 2.46. The van der Waals surface area contributed by atoms with Gasteiger partial charge in [0, 0.05) is 24.1 Å². The van der Waals surface area contributed by atoms with Gasteiger partial charge in [-0.25, -0.2) is 4.98 Å². The molecule has 1 rings (SSSR count). The van der Waals surface area contributed by atoms with Crippen molar-refractivity contribution in [3.05, 3.63) is 11.8 Å². The van der Waals surface area contributed by atoms with E-state index in [2.05, 4.69) is 15.3 Å². The lowest BCUT2D eigenvalue weighted by Crippen LogP contribution is -2.12. The van der Waals surface area contributed by atoms with Crippen LogP contribution >= 0.6 is 11.8 Å². The first-order chi connectivity index (χ1) is 8.40. The van der Waals surface area contributed by atoms with Crippen LogP contribution in [0.25, 0.3) is 0 Å². The average Bonchev–Trinajstić information content (AvgIpc) is 2.23. The Morgan fingerprint density at radius 1 is 1.39 bits per heavy atom. The zero-order valence-corrected chi connectivity index (χ0v) is 10.9. The number of ether oxygens (including phenoxy) is 1. The van der Waals surface area contributed by atoms with Gasteiger partial charge in [0.2, 0.25) is 11.8 Å². The minimum atomic E-state index is -4.20. The minimum Gasteiger partial charge on any atom is -0.478 e.